The number of urea groups is 1. The van der Waals surface area contributed by atoms with Gasteiger partial charge in [0.2, 0.25) is 6.79 Å². The molecule has 0 atom stereocenters. The molecule has 1 aromatic heterocycles. The molecule has 0 radical (unpaired) electrons. The summed E-state index contributed by atoms with van der Waals surface area (Å²) in [4.78, 5) is 24.3. The van der Waals surface area contributed by atoms with E-state index in [0.29, 0.717) is 40.3 Å². The van der Waals surface area contributed by atoms with Gasteiger partial charge < -0.3 is 24.8 Å². The van der Waals surface area contributed by atoms with Crippen LogP contribution in [0.15, 0.2) is 65.0 Å². The Hall–Kier alpha value is -3.99. The molecule has 0 unspecified atom stereocenters. The summed E-state index contributed by atoms with van der Waals surface area (Å²) in [6.45, 7) is 2.81. The molecule has 0 fully saturated rings. The quantitative estimate of drug-likeness (QED) is 0.363. The predicted molar refractivity (Wildman–Crippen MR) is 128 cm³/mol. The van der Waals surface area contributed by atoms with E-state index in [4.69, 9.17) is 14.2 Å². The Kier molecular flexibility index (Phi) is 6.57. The van der Waals surface area contributed by atoms with Crippen molar-refractivity contribution in [2.45, 2.75) is 18.6 Å². The molecule has 2 amide bonds. The normalized spacial score (nSPS) is 14.5. The Balaban J connectivity index is 1.45. The fourth-order valence-electron chi connectivity index (χ4n) is 3.77. The maximum absolute atomic E-state index is 12.4. The first kappa shape index (κ1) is 22.8. The highest BCUT2D eigenvalue weighted by Crippen LogP contribution is 2.34. The summed E-state index contributed by atoms with van der Waals surface area (Å²) < 4.78 is 18.1. The number of hydrogen-bond donors (Lipinski definition) is 2. The smallest absolute Gasteiger partial charge is 0.337 e. The molecule has 10 nitrogen and oxygen atoms in total. The molecule has 2 aromatic carbocycles. The zero-order chi connectivity index (χ0) is 24.2. The van der Waals surface area contributed by atoms with Crippen LogP contribution in [0.4, 0.5) is 4.79 Å². The van der Waals surface area contributed by atoms with Gasteiger partial charge >= 0.3 is 12.0 Å². The molecule has 3 aromatic rings. The van der Waals surface area contributed by atoms with Gasteiger partial charge in [-0.3, -0.25) is 4.57 Å². The predicted octanol–water partition coefficient (Wildman–Crippen LogP) is 2.94. The van der Waals surface area contributed by atoms with E-state index in [0.717, 1.165) is 16.9 Å². The van der Waals surface area contributed by atoms with Crippen molar-refractivity contribution in [1.82, 2.24) is 25.4 Å². The SMILES string of the molecule is CCOC(=O)C1=C(CSc2nnc(-c3ccccc3)n2Cc2ccc3c(c2)OCO3)NC(=O)NC1. The summed E-state index contributed by atoms with van der Waals surface area (Å²) in [5, 5.41) is 14.9. The molecule has 2 aliphatic heterocycles. The molecular formula is C24H23N5O5S. The zero-order valence-corrected chi connectivity index (χ0v) is 19.8. The largest absolute Gasteiger partial charge is 0.463 e. The minimum absolute atomic E-state index is 0.111. The van der Waals surface area contributed by atoms with Crippen molar-refractivity contribution in [3.63, 3.8) is 0 Å². The Bertz CT molecular complexity index is 1290. The van der Waals surface area contributed by atoms with Crippen molar-refractivity contribution in [3.05, 3.63) is 65.4 Å². The van der Waals surface area contributed by atoms with Crippen LogP contribution in [0.1, 0.15) is 12.5 Å². The summed E-state index contributed by atoms with van der Waals surface area (Å²) in [5.74, 6) is 1.99. The van der Waals surface area contributed by atoms with Crippen LogP contribution in [0, 0.1) is 0 Å². The fraction of sp³-hybridized carbons (Fsp3) is 0.250. The van der Waals surface area contributed by atoms with Crippen LogP contribution in [0.5, 0.6) is 11.5 Å². The summed E-state index contributed by atoms with van der Waals surface area (Å²) in [6.07, 6.45) is 0. The van der Waals surface area contributed by atoms with E-state index >= 15 is 0 Å². The molecule has 5 rings (SSSR count). The van der Waals surface area contributed by atoms with Gasteiger partial charge in [-0.15, -0.1) is 10.2 Å². The number of benzene rings is 2. The van der Waals surface area contributed by atoms with Crippen LogP contribution in [0.2, 0.25) is 0 Å². The summed E-state index contributed by atoms with van der Waals surface area (Å²) >= 11 is 1.38. The number of hydrogen-bond acceptors (Lipinski definition) is 8. The van der Waals surface area contributed by atoms with Gasteiger partial charge in [0.25, 0.3) is 0 Å². The molecule has 180 valence electrons. The van der Waals surface area contributed by atoms with E-state index in [1.54, 1.807) is 6.92 Å². The van der Waals surface area contributed by atoms with Crippen LogP contribution in [-0.2, 0) is 16.1 Å². The third-order valence-electron chi connectivity index (χ3n) is 5.45. The van der Waals surface area contributed by atoms with Gasteiger partial charge in [0.05, 0.1) is 25.3 Å². The summed E-state index contributed by atoms with van der Waals surface area (Å²) in [5.41, 5.74) is 2.81. The number of aromatic nitrogens is 3. The topological polar surface area (TPSA) is 117 Å². The highest BCUT2D eigenvalue weighted by Gasteiger charge is 2.25. The Labute approximate surface area is 205 Å². The van der Waals surface area contributed by atoms with Crippen LogP contribution in [0.25, 0.3) is 11.4 Å². The zero-order valence-electron chi connectivity index (χ0n) is 18.9. The van der Waals surface area contributed by atoms with Crippen molar-refractivity contribution in [3.8, 4) is 22.9 Å². The number of ether oxygens (including phenoxy) is 3. The summed E-state index contributed by atoms with van der Waals surface area (Å²) in [7, 11) is 0. The van der Waals surface area contributed by atoms with Gasteiger partial charge in [0, 0.05) is 17.0 Å². The minimum atomic E-state index is -0.456. The molecule has 35 heavy (non-hydrogen) atoms. The first-order chi connectivity index (χ1) is 17.1. The van der Waals surface area contributed by atoms with Gasteiger partial charge in [-0.2, -0.15) is 0 Å². The standard InChI is InChI=1S/C24H23N5O5S/c1-2-32-22(30)17-11-25-23(31)26-18(17)13-35-24-28-27-21(16-6-4-3-5-7-16)29(24)12-15-8-9-19-20(10-15)34-14-33-19/h3-10H,2,11-14H2,1H3,(H2,25,26,31). The van der Waals surface area contributed by atoms with Gasteiger partial charge in [0.1, 0.15) is 0 Å². The second-order valence-corrected chi connectivity index (χ2v) is 8.66. The first-order valence-corrected chi connectivity index (χ1v) is 12.0. The maximum Gasteiger partial charge on any atom is 0.337 e. The minimum Gasteiger partial charge on any atom is -0.463 e. The average Bonchev–Trinajstić information content (AvgIpc) is 3.50. The number of nitrogens with one attached hydrogen (secondary N) is 2. The molecular weight excluding hydrogens is 470 g/mol. The van der Waals surface area contributed by atoms with E-state index in [1.807, 2.05) is 53.1 Å². The number of esters is 1. The van der Waals surface area contributed by atoms with Crippen LogP contribution in [-0.4, -0.2) is 52.5 Å². The van der Waals surface area contributed by atoms with E-state index in [1.165, 1.54) is 11.8 Å². The van der Waals surface area contributed by atoms with Crippen molar-refractivity contribution in [2.24, 2.45) is 0 Å². The van der Waals surface area contributed by atoms with Crippen LogP contribution < -0.4 is 20.1 Å². The van der Waals surface area contributed by atoms with E-state index < -0.39 is 5.97 Å². The molecule has 2 aliphatic rings. The number of thioether (sulfide) groups is 1. The van der Waals surface area contributed by atoms with E-state index in [9.17, 15) is 9.59 Å². The van der Waals surface area contributed by atoms with Crippen molar-refractivity contribution < 1.29 is 23.8 Å². The lowest BCUT2D eigenvalue weighted by atomic mass is 10.2. The Morgan fingerprint density at radius 2 is 1.97 bits per heavy atom. The first-order valence-electron chi connectivity index (χ1n) is 11.1. The second-order valence-electron chi connectivity index (χ2n) is 7.72. The molecule has 0 spiro atoms. The van der Waals surface area contributed by atoms with Crippen molar-refractivity contribution >= 4 is 23.8 Å². The van der Waals surface area contributed by atoms with Gasteiger partial charge in [-0.25, -0.2) is 9.59 Å². The number of rotatable bonds is 8. The molecule has 11 heteroatoms. The molecule has 3 heterocycles. The Morgan fingerprint density at radius 1 is 1.14 bits per heavy atom. The lowest BCUT2D eigenvalue weighted by Crippen LogP contribution is -2.44. The van der Waals surface area contributed by atoms with Crippen molar-refractivity contribution in [1.29, 1.82) is 0 Å². The molecule has 0 bridgehead atoms. The second kappa shape index (κ2) is 10.1. The number of carbonyl (C=O) groups excluding carboxylic acids is 2. The number of carbonyl (C=O) groups is 2. The van der Waals surface area contributed by atoms with Crippen LogP contribution in [0.3, 0.4) is 0 Å². The molecule has 2 N–H and O–H groups in total. The number of amides is 2. The van der Waals surface area contributed by atoms with Gasteiger partial charge in [0.15, 0.2) is 22.5 Å². The molecule has 0 saturated heterocycles. The third kappa shape index (κ3) is 4.94. The van der Waals surface area contributed by atoms with Gasteiger partial charge in [-0.05, 0) is 24.6 Å². The lowest BCUT2D eigenvalue weighted by Gasteiger charge is -2.21. The monoisotopic (exact) mass is 493 g/mol. The highest BCUT2D eigenvalue weighted by molar-refractivity contribution is 7.99. The summed E-state index contributed by atoms with van der Waals surface area (Å²) in [6, 6.07) is 15.2. The fourth-order valence-corrected chi connectivity index (χ4v) is 4.69. The molecule has 0 aliphatic carbocycles. The average molecular weight is 494 g/mol. The third-order valence-corrected chi connectivity index (χ3v) is 6.44. The lowest BCUT2D eigenvalue weighted by molar-refractivity contribution is -0.138. The van der Waals surface area contributed by atoms with Crippen molar-refractivity contribution in [2.75, 3.05) is 25.7 Å². The number of fused-ring (bicyclic) bond motifs is 1. The number of nitrogens with zero attached hydrogens (tertiary/aromatic N) is 3. The van der Waals surface area contributed by atoms with E-state index in [2.05, 4.69) is 20.8 Å². The maximum atomic E-state index is 12.4. The Morgan fingerprint density at radius 3 is 2.80 bits per heavy atom. The van der Waals surface area contributed by atoms with Crippen LogP contribution >= 0.6 is 11.8 Å². The van der Waals surface area contributed by atoms with Gasteiger partial charge in [-0.1, -0.05) is 48.2 Å². The molecule has 0 saturated carbocycles. The van der Waals surface area contributed by atoms with E-state index in [-0.39, 0.29) is 26.0 Å². The highest BCUT2D eigenvalue weighted by atomic mass is 32.2.